The third kappa shape index (κ3) is 5.63. The van der Waals surface area contributed by atoms with E-state index >= 15 is 0 Å². The smallest absolute Gasteiger partial charge is 0.260 e. The number of hydrogen-bond acceptors (Lipinski definition) is 5. The molecule has 0 spiro atoms. The van der Waals surface area contributed by atoms with Crippen molar-refractivity contribution in [3.8, 4) is 5.75 Å². The lowest BCUT2D eigenvalue weighted by molar-refractivity contribution is -0.134. The van der Waals surface area contributed by atoms with E-state index in [-0.39, 0.29) is 18.3 Å². The highest BCUT2D eigenvalue weighted by Gasteiger charge is 2.26. The maximum absolute atomic E-state index is 12.6. The Morgan fingerprint density at radius 1 is 1.16 bits per heavy atom. The average molecular weight is 457 g/mol. The van der Waals surface area contributed by atoms with Crippen LogP contribution in [0, 0.1) is 0 Å². The maximum atomic E-state index is 12.6. The number of ether oxygens (including phenoxy) is 1. The third-order valence-electron chi connectivity index (χ3n) is 5.61. The summed E-state index contributed by atoms with van der Waals surface area (Å²) < 4.78 is 6.83. The molecule has 7 heteroatoms. The van der Waals surface area contributed by atoms with Crippen LogP contribution in [0.2, 0.25) is 5.02 Å². The molecule has 0 saturated carbocycles. The van der Waals surface area contributed by atoms with Crippen LogP contribution in [0.25, 0.3) is 10.2 Å². The second-order valence-electron chi connectivity index (χ2n) is 7.95. The van der Waals surface area contributed by atoms with E-state index in [4.69, 9.17) is 21.3 Å². The van der Waals surface area contributed by atoms with Gasteiger partial charge in [-0.25, -0.2) is 4.98 Å². The van der Waals surface area contributed by atoms with E-state index in [1.807, 2.05) is 47.4 Å². The van der Waals surface area contributed by atoms with Gasteiger partial charge >= 0.3 is 0 Å². The van der Waals surface area contributed by atoms with Gasteiger partial charge in [-0.2, -0.15) is 0 Å². The standard InChI is InChI=1S/C24H25ClN2O3S/c1-16(28)2-3-17-4-7-20(8-5-17)30-15-23(29)27-12-10-18(11-13-27)24-26-21-14-19(25)6-9-22(21)31-24/h4-9,14,18H,2-3,10-13,15H2,1H3. The third-order valence-corrected chi connectivity index (χ3v) is 7.05. The van der Waals surface area contributed by atoms with Gasteiger partial charge in [-0.05, 0) is 62.1 Å². The summed E-state index contributed by atoms with van der Waals surface area (Å²) in [6, 6.07) is 13.4. The lowest BCUT2D eigenvalue weighted by Gasteiger charge is -2.31. The predicted molar refractivity (Wildman–Crippen MR) is 124 cm³/mol. The van der Waals surface area contributed by atoms with Crippen LogP contribution in [-0.2, 0) is 16.0 Å². The first-order valence-corrected chi connectivity index (χ1v) is 11.7. The minimum atomic E-state index is 0.00943. The summed E-state index contributed by atoms with van der Waals surface area (Å²) in [5, 5.41) is 1.83. The molecule has 1 amide bonds. The molecule has 1 aliphatic rings. The number of nitrogens with zero attached hydrogens (tertiary/aromatic N) is 2. The van der Waals surface area contributed by atoms with Gasteiger partial charge in [0.15, 0.2) is 6.61 Å². The van der Waals surface area contributed by atoms with Crippen molar-refractivity contribution in [1.82, 2.24) is 9.88 Å². The van der Waals surface area contributed by atoms with Gasteiger partial charge < -0.3 is 14.4 Å². The number of benzene rings is 2. The van der Waals surface area contributed by atoms with E-state index in [2.05, 4.69) is 0 Å². The topological polar surface area (TPSA) is 59.5 Å². The molecule has 0 radical (unpaired) electrons. The molecule has 0 atom stereocenters. The van der Waals surface area contributed by atoms with Gasteiger partial charge in [-0.15, -0.1) is 11.3 Å². The number of ketones is 1. The van der Waals surface area contributed by atoms with Gasteiger partial charge in [-0.1, -0.05) is 23.7 Å². The quantitative estimate of drug-likeness (QED) is 0.486. The fourth-order valence-electron chi connectivity index (χ4n) is 3.78. The van der Waals surface area contributed by atoms with Crippen molar-refractivity contribution in [2.45, 2.75) is 38.5 Å². The summed E-state index contributed by atoms with van der Waals surface area (Å²) in [4.78, 5) is 30.3. The summed E-state index contributed by atoms with van der Waals surface area (Å²) in [5.41, 5.74) is 2.04. The Morgan fingerprint density at radius 3 is 2.61 bits per heavy atom. The van der Waals surface area contributed by atoms with E-state index < -0.39 is 0 Å². The van der Waals surface area contributed by atoms with Crippen LogP contribution in [0.4, 0.5) is 0 Å². The molecule has 2 heterocycles. The van der Waals surface area contributed by atoms with Gasteiger partial charge in [-0.3, -0.25) is 4.79 Å². The molecule has 5 nitrogen and oxygen atoms in total. The highest BCUT2D eigenvalue weighted by atomic mass is 35.5. The Labute approximate surface area is 191 Å². The number of aromatic nitrogens is 1. The first kappa shape index (κ1) is 21.8. The summed E-state index contributed by atoms with van der Waals surface area (Å²) in [6.07, 6.45) is 3.08. The number of rotatable bonds is 7. The van der Waals surface area contributed by atoms with E-state index in [1.54, 1.807) is 18.3 Å². The van der Waals surface area contributed by atoms with Crippen molar-refractivity contribution in [3.05, 3.63) is 58.1 Å². The Hall–Kier alpha value is -2.44. The number of piperidine rings is 1. The average Bonchev–Trinajstić information content (AvgIpc) is 3.20. The van der Waals surface area contributed by atoms with Gasteiger partial charge in [0.25, 0.3) is 5.91 Å². The number of hydrogen-bond donors (Lipinski definition) is 0. The monoisotopic (exact) mass is 456 g/mol. The molecular formula is C24H25ClN2O3S. The Morgan fingerprint density at radius 2 is 1.90 bits per heavy atom. The van der Waals surface area contributed by atoms with Crippen LogP contribution in [0.15, 0.2) is 42.5 Å². The largest absolute Gasteiger partial charge is 0.484 e. The fraction of sp³-hybridized carbons (Fsp3) is 0.375. The molecule has 1 fully saturated rings. The molecule has 3 aromatic rings. The molecule has 1 aliphatic heterocycles. The Balaban J connectivity index is 1.25. The molecule has 1 saturated heterocycles. The van der Waals surface area contributed by atoms with E-state index in [0.29, 0.717) is 36.2 Å². The van der Waals surface area contributed by atoms with Gasteiger partial charge in [0.1, 0.15) is 11.5 Å². The van der Waals surface area contributed by atoms with Gasteiger partial charge in [0.2, 0.25) is 0 Å². The SMILES string of the molecule is CC(=O)CCc1ccc(OCC(=O)N2CCC(c3nc4cc(Cl)ccc4s3)CC2)cc1. The number of halogens is 1. The van der Waals surface area contributed by atoms with Crippen LogP contribution in [-0.4, -0.2) is 41.3 Å². The highest BCUT2D eigenvalue weighted by molar-refractivity contribution is 7.18. The zero-order valence-electron chi connectivity index (χ0n) is 17.5. The second kappa shape index (κ2) is 9.79. The summed E-state index contributed by atoms with van der Waals surface area (Å²) in [6.45, 7) is 3.07. The fourth-order valence-corrected chi connectivity index (χ4v) is 5.06. The number of aryl methyl sites for hydroxylation is 1. The Bertz CT molecular complexity index is 1070. The van der Waals surface area contributed by atoms with Crippen molar-refractivity contribution in [1.29, 1.82) is 0 Å². The molecular weight excluding hydrogens is 432 g/mol. The van der Waals surface area contributed by atoms with Crippen LogP contribution < -0.4 is 4.74 Å². The minimum absolute atomic E-state index is 0.00943. The van der Waals surface area contributed by atoms with Crippen LogP contribution in [0.1, 0.15) is 42.7 Å². The van der Waals surface area contributed by atoms with Crippen LogP contribution in [0.3, 0.4) is 0 Å². The molecule has 4 rings (SSSR count). The number of likely N-dealkylation sites (tertiary alicyclic amines) is 1. The number of Topliss-reactive ketones (excluding diaryl/α,β-unsaturated/α-hetero) is 1. The minimum Gasteiger partial charge on any atom is -0.484 e. The molecule has 0 unspecified atom stereocenters. The summed E-state index contributed by atoms with van der Waals surface area (Å²) in [5.74, 6) is 1.24. The van der Waals surface area contributed by atoms with E-state index in [0.717, 1.165) is 40.1 Å². The van der Waals surface area contributed by atoms with Gasteiger partial charge in [0, 0.05) is 30.5 Å². The number of amides is 1. The zero-order valence-corrected chi connectivity index (χ0v) is 19.0. The second-order valence-corrected chi connectivity index (χ2v) is 9.45. The van der Waals surface area contributed by atoms with Crippen molar-refractivity contribution in [2.24, 2.45) is 0 Å². The molecule has 2 aromatic carbocycles. The van der Waals surface area contributed by atoms with Crippen molar-refractivity contribution >= 4 is 44.8 Å². The first-order valence-electron chi connectivity index (χ1n) is 10.5. The molecule has 0 N–H and O–H groups in total. The molecule has 31 heavy (non-hydrogen) atoms. The van der Waals surface area contributed by atoms with Crippen molar-refractivity contribution in [2.75, 3.05) is 19.7 Å². The normalized spacial score (nSPS) is 14.7. The first-order chi connectivity index (χ1) is 15.0. The lowest BCUT2D eigenvalue weighted by Crippen LogP contribution is -2.40. The Kier molecular flexibility index (Phi) is 6.88. The number of fused-ring (bicyclic) bond motifs is 1. The van der Waals surface area contributed by atoms with Crippen molar-refractivity contribution in [3.63, 3.8) is 0 Å². The number of carbonyl (C=O) groups is 2. The molecule has 1 aromatic heterocycles. The van der Waals surface area contributed by atoms with Gasteiger partial charge in [0.05, 0.1) is 15.2 Å². The molecule has 0 bridgehead atoms. The predicted octanol–water partition coefficient (Wildman–Crippen LogP) is 5.26. The molecule has 162 valence electrons. The lowest BCUT2D eigenvalue weighted by atomic mass is 9.97. The van der Waals surface area contributed by atoms with E-state index in [9.17, 15) is 9.59 Å². The maximum Gasteiger partial charge on any atom is 0.260 e. The van der Waals surface area contributed by atoms with Crippen LogP contribution in [0.5, 0.6) is 5.75 Å². The number of thiazole rings is 1. The zero-order chi connectivity index (χ0) is 21.8. The van der Waals surface area contributed by atoms with Crippen LogP contribution >= 0.6 is 22.9 Å². The summed E-state index contributed by atoms with van der Waals surface area (Å²) in [7, 11) is 0. The van der Waals surface area contributed by atoms with E-state index in [1.165, 1.54) is 0 Å². The number of carbonyl (C=O) groups excluding carboxylic acids is 2. The highest BCUT2D eigenvalue weighted by Crippen LogP contribution is 2.34. The molecule has 0 aliphatic carbocycles. The van der Waals surface area contributed by atoms with Crippen molar-refractivity contribution < 1.29 is 14.3 Å². The summed E-state index contributed by atoms with van der Waals surface area (Å²) >= 11 is 7.79.